The minimum absolute atomic E-state index is 0.222. The van der Waals surface area contributed by atoms with Gasteiger partial charge in [-0.15, -0.1) is 0 Å². The molecule has 0 unspecified atom stereocenters. The van der Waals surface area contributed by atoms with E-state index in [9.17, 15) is 4.79 Å². The fourth-order valence-corrected chi connectivity index (χ4v) is 2.03. The second-order valence-corrected chi connectivity index (χ2v) is 5.29. The SMILES string of the molecule is Cc1ncc(Cl)c(C(=O)N(C)CCOCc2ccccc2)n1. The van der Waals surface area contributed by atoms with Crippen LogP contribution in [-0.4, -0.2) is 41.0 Å². The molecule has 0 saturated heterocycles. The quantitative estimate of drug-likeness (QED) is 0.768. The normalized spacial score (nSPS) is 10.5. The second-order valence-electron chi connectivity index (χ2n) is 4.88. The zero-order chi connectivity index (χ0) is 15.9. The maximum Gasteiger partial charge on any atom is 0.273 e. The average molecular weight is 320 g/mol. The molecule has 0 atom stereocenters. The predicted molar refractivity (Wildman–Crippen MR) is 84.8 cm³/mol. The molecule has 0 N–H and O–H groups in total. The van der Waals surface area contributed by atoms with Crippen molar-refractivity contribution in [2.75, 3.05) is 20.2 Å². The summed E-state index contributed by atoms with van der Waals surface area (Å²) in [5.74, 6) is 0.278. The van der Waals surface area contributed by atoms with Gasteiger partial charge in [0.2, 0.25) is 0 Å². The highest BCUT2D eigenvalue weighted by Crippen LogP contribution is 2.13. The zero-order valence-electron chi connectivity index (χ0n) is 12.6. The van der Waals surface area contributed by atoms with E-state index in [-0.39, 0.29) is 16.6 Å². The van der Waals surface area contributed by atoms with Crippen LogP contribution in [0.5, 0.6) is 0 Å². The summed E-state index contributed by atoms with van der Waals surface area (Å²) >= 11 is 5.97. The molecule has 0 aliphatic rings. The molecule has 0 fully saturated rings. The highest BCUT2D eigenvalue weighted by molar-refractivity contribution is 6.33. The highest BCUT2D eigenvalue weighted by Gasteiger charge is 2.17. The van der Waals surface area contributed by atoms with Crippen molar-refractivity contribution in [1.29, 1.82) is 0 Å². The molecule has 0 radical (unpaired) electrons. The lowest BCUT2D eigenvalue weighted by Crippen LogP contribution is -2.31. The summed E-state index contributed by atoms with van der Waals surface area (Å²) in [5.41, 5.74) is 1.32. The number of rotatable bonds is 6. The summed E-state index contributed by atoms with van der Waals surface area (Å²) < 4.78 is 5.57. The molecule has 1 heterocycles. The van der Waals surface area contributed by atoms with Gasteiger partial charge in [0.15, 0.2) is 5.69 Å². The summed E-state index contributed by atoms with van der Waals surface area (Å²) in [7, 11) is 1.70. The Labute approximate surface area is 134 Å². The number of nitrogens with zero attached hydrogens (tertiary/aromatic N) is 3. The third-order valence-electron chi connectivity index (χ3n) is 3.10. The van der Waals surface area contributed by atoms with E-state index in [4.69, 9.17) is 16.3 Å². The van der Waals surface area contributed by atoms with Crippen LogP contribution in [0.2, 0.25) is 5.02 Å². The molecule has 2 rings (SSSR count). The summed E-state index contributed by atoms with van der Waals surface area (Å²) in [6.07, 6.45) is 1.44. The van der Waals surface area contributed by atoms with Crippen LogP contribution >= 0.6 is 11.6 Å². The number of amides is 1. The van der Waals surface area contributed by atoms with E-state index >= 15 is 0 Å². The molecule has 1 aromatic heterocycles. The van der Waals surface area contributed by atoms with Gasteiger partial charge < -0.3 is 9.64 Å². The Morgan fingerprint density at radius 1 is 1.32 bits per heavy atom. The second kappa shape index (κ2) is 7.87. The smallest absolute Gasteiger partial charge is 0.273 e. The van der Waals surface area contributed by atoms with Gasteiger partial charge in [0.25, 0.3) is 5.91 Å². The largest absolute Gasteiger partial charge is 0.375 e. The predicted octanol–water partition coefficient (Wildman–Crippen LogP) is 2.73. The Kier molecular flexibility index (Phi) is 5.86. The number of benzene rings is 1. The van der Waals surface area contributed by atoms with E-state index in [1.54, 1.807) is 18.9 Å². The molecule has 2 aromatic rings. The van der Waals surface area contributed by atoms with E-state index in [1.807, 2.05) is 30.3 Å². The molecule has 0 spiro atoms. The molecule has 0 aliphatic carbocycles. The van der Waals surface area contributed by atoms with Crippen molar-refractivity contribution in [2.24, 2.45) is 0 Å². The van der Waals surface area contributed by atoms with Crippen LogP contribution in [0.1, 0.15) is 21.9 Å². The van der Waals surface area contributed by atoms with E-state index in [2.05, 4.69) is 9.97 Å². The standard InChI is InChI=1S/C16H18ClN3O2/c1-12-18-10-14(17)15(19-12)16(21)20(2)8-9-22-11-13-6-4-3-5-7-13/h3-7,10H,8-9,11H2,1-2H3. The van der Waals surface area contributed by atoms with Crippen molar-refractivity contribution < 1.29 is 9.53 Å². The van der Waals surface area contributed by atoms with Crippen LogP contribution in [0.4, 0.5) is 0 Å². The Morgan fingerprint density at radius 2 is 2.05 bits per heavy atom. The Balaban J connectivity index is 1.83. The minimum Gasteiger partial charge on any atom is -0.375 e. The molecule has 5 nitrogen and oxygen atoms in total. The van der Waals surface area contributed by atoms with Gasteiger partial charge in [-0.1, -0.05) is 41.9 Å². The van der Waals surface area contributed by atoms with Gasteiger partial charge in [0.05, 0.1) is 24.4 Å². The van der Waals surface area contributed by atoms with Crippen LogP contribution in [0, 0.1) is 6.92 Å². The van der Waals surface area contributed by atoms with Crippen LogP contribution in [0.15, 0.2) is 36.5 Å². The van der Waals surface area contributed by atoms with Crippen LogP contribution in [0.3, 0.4) is 0 Å². The molecule has 22 heavy (non-hydrogen) atoms. The van der Waals surface area contributed by atoms with Crippen molar-refractivity contribution in [1.82, 2.24) is 14.9 Å². The lowest BCUT2D eigenvalue weighted by atomic mass is 10.2. The number of hydrogen-bond donors (Lipinski definition) is 0. The zero-order valence-corrected chi connectivity index (χ0v) is 13.4. The average Bonchev–Trinajstić information content (AvgIpc) is 2.54. The van der Waals surface area contributed by atoms with Gasteiger partial charge in [-0.3, -0.25) is 4.79 Å². The van der Waals surface area contributed by atoms with Crippen molar-refractivity contribution in [3.05, 3.63) is 58.6 Å². The van der Waals surface area contributed by atoms with Gasteiger partial charge in [-0.2, -0.15) is 0 Å². The van der Waals surface area contributed by atoms with Crippen LogP contribution in [0.25, 0.3) is 0 Å². The molecule has 116 valence electrons. The number of aromatic nitrogens is 2. The summed E-state index contributed by atoms with van der Waals surface area (Å²) in [4.78, 5) is 21.9. The molecular formula is C16H18ClN3O2. The Bertz CT molecular complexity index is 635. The van der Waals surface area contributed by atoms with Crippen molar-refractivity contribution in [3.8, 4) is 0 Å². The minimum atomic E-state index is -0.237. The topological polar surface area (TPSA) is 55.3 Å². The first-order valence-electron chi connectivity index (χ1n) is 6.94. The van der Waals surface area contributed by atoms with E-state index < -0.39 is 0 Å². The Hall–Kier alpha value is -1.98. The van der Waals surface area contributed by atoms with Crippen molar-refractivity contribution in [3.63, 3.8) is 0 Å². The molecule has 6 heteroatoms. The third-order valence-corrected chi connectivity index (χ3v) is 3.37. The number of halogens is 1. The molecule has 0 saturated carbocycles. The molecule has 0 bridgehead atoms. The lowest BCUT2D eigenvalue weighted by Gasteiger charge is -2.17. The monoisotopic (exact) mass is 319 g/mol. The molecule has 0 aliphatic heterocycles. The fraction of sp³-hybridized carbons (Fsp3) is 0.312. The fourth-order valence-electron chi connectivity index (χ4n) is 1.85. The summed E-state index contributed by atoms with van der Waals surface area (Å²) in [6.45, 7) is 3.15. The lowest BCUT2D eigenvalue weighted by molar-refractivity contribution is 0.0665. The summed E-state index contributed by atoms with van der Waals surface area (Å²) in [5, 5.41) is 0.257. The van der Waals surface area contributed by atoms with Crippen LogP contribution < -0.4 is 0 Å². The third kappa shape index (κ3) is 4.51. The number of hydrogen-bond acceptors (Lipinski definition) is 4. The van der Waals surface area contributed by atoms with E-state index in [0.29, 0.717) is 25.6 Å². The van der Waals surface area contributed by atoms with E-state index in [0.717, 1.165) is 5.56 Å². The van der Waals surface area contributed by atoms with Crippen molar-refractivity contribution >= 4 is 17.5 Å². The Morgan fingerprint density at radius 3 is 2.77 bits per heavy atom. The molecule has 1 aromatic carbocycles. The van der Waals surface area contributed by atoms with Gasteiger partial charge in [0.1, 0.15) is 5.82 Å². The highest BCUT2D eigenvalue weighted by atomic mass is 35.5. The van der Waals surface area contributed by atoms with Gasteiger partial charge in [-0.05, 0) is 12.5 Å². The van der Waals surface area contributed by atoms with Gasteiger partial charge >= 0.3 is 0 Å². The van der Waals surface area contributed by atoms with Gasteiger partial charge in [0, 0.05) is 13.6 Å². The molecule has 1 amide bonds. The number of likely N-dealkylation sites (N-methyl/N-ethyl adjacent to an activating group) is 1. The number of ether oxygens (including phenoxy) is 1. The maximum absolute atomic E-state index is 12.3. The van der Waals surface area contributed by atoms with E-state index in [1.165, 1.54) is 6.20 Å². The first-order valence-corrected chi connectivity index (χ1v) is 7.32. The van der Waals surface area contributed by atoms with Crippen LogP contribution in [-0.2, 0) is 11.3 Å². The number of carbonyl (C=O) groups excluding carboxylic acids is 1. The summed E-state index contributed by atoms with van der Waals surface area (Å²) in [6, 6.07) is 9.89. The maximum atomic E-state index is 12.3. The molecular weight excluding hydrogens is 302 g/mol. The first kappa shape index (κ1) is 16.4. The van der Waals surface area contributed by atoms with Gasteiger partial charge in [-0.25, -0.2) is 9.97 Å². The van der Waals surface area contributed by atoms with Crippen molar-refractivity contribution in [2.45, 2.75) is 13.5 Å². The number of aryl methyl sites for hydroxylation is 1. The first-order chi connectivity index (χ1) is 10.6. The number of carbonyl (C=O) groups is 1.